The van der Waals surface area contributed by atoms with Crippen molar-refractivity contribution in [1.82, 2.24) is 4.57 Å². The quantitative estimate of drug-likeness (QED) is 0.397. The second-order valence-corrected chi connectivity index (χ2v) is 15.4. The zero-order chi connectivity index (χ0) is 21.2. The van der Waals surface area contributed by atoms with Gasteiger partial charge in [0, 0.05) is 22.6 Å². The van der Waals surface area contributed by atoms with Crippen LogP contribution in [0.15, 0.2) is 71.8 Å². The van der Waals surface area contributed by atoms with Crippen molar-refractivity contribution in [2.75, 3.05) is 0 Å². The molecule has 0 spiro atoms. The summed E-state index contributed by atoms with van der Waals surface area (Å²) in [6, 6.07) is 21.9. The molecule has 0 N–H and O–H groups in total. The third-order valence-corrected chi connectivity index (χ3v) is 13.1. The van der Waals surface area contributed by atoms with Crippen LogP contribution in [0.3, 0.4) is 0 Å². The number of aryl methyl sites for hydroxylation is 1. The topological polar surface area (TPSA) is 4.93 Å². The average molecular weight is 557 g/mol. The van der Waals surface area contributed by atoms with E-state index in [0.717, 1.165) is 9.17 Å². The number of benzene rings is 2. The van der Waals surface area contributed by atoms with Crippen molar-refractivity contribution in [3.05, 3.63) is 99.9 Å². The van der Waals surface area contributed by atoms with Gasteiger partial charge in [0.05, 0.1) is 8.07 Å². The number of rotatable bonds is 1. The van der Waals surface area contributed by atoms with Crippen molar-refractivity contribution in [1.29, 1.82) is 0 Å². The summed E-state index contributed by atoms with van der Waals surface area (Å²) >= 11 is 1.60. The number of hydrogen-bond acceptors (Lipinski definition) is 0. The number of nitrogens with zero attached hydrogens (tertiary/aromatic N) is 1. The zero-order valence-corrected chi connectivity index (χ0v) is 24.2. The molecule has 0 radical (unpaired) electrons. The first-order valence-corrected chi connectivity index (χ1v) is 15.3. The van der Waals surface area contributed by atoms with Crippen molar-refractivity contribution in [2.45, 2.75) is 43.0 Å². The molecule has 4 aliphatic rings. The molecule has 0 saturated heterocycles. The molecule has 2 atom stereocenters. The first-order chi connectivity index (χ1) is 14.3. The summed E-state index contributed by atoms with van der Waals surface area (Å²) in [6.45, 7) is 11.8. The van der Waals surface area contributed by atoms with Gasteiger partial charge in [-0.15, -0.1) is 0 Å². The van der Waals surface area contributed by atoms with E-state index >= 15 is 0 Å². The Labute approximate surface area is 220 Å². The normalized spacial score (nSPS) is 20.7. The Morgan fingerprint density at radius 1 is 0.875 bits per heavy atom. The van der Waals surface area contributed by atoms with Gasteiger partial charge in [0.25, 0.3) is 0 Å². The second kappa shape index (κ2) is 9.26. The second-order valence-electron chi connectivity index (χ2n) is 9.42. The van der Waals surface area contributed by atoms with Gasteiger partial charge in [0.15, 0.2) is 0 Å². The van der Waals surface area contributed by atoms with E-state index in [1.54, 1.807) is 46.7 Å². The molecule has 163 valence electrons. The number of allylic oxidation sites excluding steroid dienone is 2. The largest absolute Gasteiger partial charge is 1.00 e. The predicted octanol–water partition coefficient (Wildman–Crippen LogP) is 1.16. The van der Waals surface area contributed by atoms with Gasteiger partial charge in [0.1, 0.15) is 0 Å². The SMILES string of the molecule is CC1=C2c3cc(C)n(-c4ccccc4)c3C1[Si]2(C)C.CC1=Cc2ccccc2[CH]1[Zr+2].[Cl-].[Cl-]. The molecule has 5 heteroatoms. The molecule has 1 aromatic heterocycles. The minimum atomic E-state index is -1.19. The molecule has 2 unspecified atom stereocenters. The predicted molar refractivity (Wildman–Crippen MR) is 126 cm³/mol. The number of para-hydroxylation sites is 1. The Morgan fingerprint density at radius 2 is 1.50 bits per heavy atom. The van der Waals surface area contributed by atoms with Crippen molar-refractivity contribution in [2.24, 2.45) is 0 Å². The maximum absolute atomic E-state index is 2.52. The van der Waals surface area contributed by atoms with E-state index in [9.17, 15) is 0 Å². The van der Waals surface area contributed by atoms with Crippen LogP contribution in [-0.4, -0.2) is 12.6 Å². The molecule has 1 nitrogen and oxygen atoms in total. The van der Waals surface area contributed by atoms with E-state index in [1.807, 2.05) is 0 Å². The van der Waals surface area contributed by atoms with Crippen molar-refractivity contribution >= 4 is 19.3 Å². The smallest absolute Gasteiger partial charge is 1.00 e. The molecular formula is C27H28Cl2NSiZr. The maximum Gasteiger partial charge on any atom is -1.00 e. The van der Waals surface area contributed by atoms with Crippen LogP contribution >= 0.6 is 0 Å². The van der Waals surface area contributed by atoms with Crippen molar-refractivity contribution < 1.29 is 49.5 Å². The van der Waals surface area contributed by atoms with Crippen LogP contribution in [0.25, 0.3) is 17.0 Å². The van der Waals surface area contributed by atoms with Crippen LogP contribution in [0, 0.1) is 6.92 Å². The monoisotopic (exact) mass is 554 g/mol. The average Bonchev–Trinajstić information content (AvgIpc) is 3.36. The van der Waals surface area contributed by atoms with Gasteiger partial charge >= 0.3 is 82.3 Å². The molecular weight excluding hydrogens is 529 g/mol. The number of halogens is 2. The molecule has 2 aliphatic carbocycles. The maximum atomic E-state index is 2.52. The number of aromatic nitrogens is 1. The van der Waals surface area contributed by atoms with Crippen LogP contribution in [0.2, 0.25) is 13.1 Å². The summed E-state index contributed by atoms with van der Waals surface area (Å²) < 4.78 is 3.21. The van der Waals surface area contributed by atoms with E-state index < -0.39 is 8.07 Å². The first kappa shape index (κ1) is 25.5. The van der Waals surface area contributed by atoms with E-state index in [-0.39, 0.29) is 24.8 Å². The van der Waals surface area contributed by atoms with Gasteiger partial charge in [-0.1, -0.05) is 42.1 Å². The van der Waals surface area contributed by atoms with Gasteiger partial charge in [-0.25, -0.2) is 0 Å². The summed E-state index contributed by atoms with van der Waals surface area (Å²) in [6.07, 6.45) is 2.30. The van der Waals surface area contributed by atoms with Gasteiger partial charge in [0.2, 0.25) is 0 Å². The fourth-order valence-corrected chi connectivity index (χ4v) is 11.1. The third kappa shape index (κ3) is 3.70. The summed E-state index contributed by atoms with van der Waals surface area (Å²) in [7, 11) is -1.19. The fourth-order valence-electron chi connectivity index (χ4n) is 5.91. The van der Waals surface area contributed by atoms with E-state index in [0.29, 0.717) is 0 Å². The summed E-state index contributed by atoms with van der Waals surface area (Å²) in [4.78, 5) is 0. The van der Waals surface area contributed by atoms with Crippen molar-refractivity contribution in [3.63, 3.8) is 0 Å². The molecule has 7 rings (SSSR count). The Bertz CT molecular complexity index is 1220. The molecule has 2 aromatic carbocycles. The molecule has 0 saturated carbocycles. The van der Waals surface area contributed by atoms with E-state index in [1.165, 1.54) is 28.1 Å². The van der Waals surface area contributed by atoms with Crippen LogP contribution in [0.1, 0.15) is 51.1 Å². The summed E-state index contributed by atoms with van der Waals surface area (Å²) in [5, 5.41) is 1.73. The van der Waals surface area contributed by atoms with Crippen LogP contribution in [0.5, 0.6) is 0 Å². The summed E-state index contributed by atoms with van der Waals surface area (Å²) in [5.74, 6) is 0. The molecule has 2 aliphatic heterocycles. The standard InChI is InChI=1S/C17H19NSi.C10H9.2ClH.Zr/c1-11-10-14-15(17-12(2)16(14)19(17,3)4)18(11)13-8-6-5-7-9-13;1-8-6-9-4-2-3-5-10(9)7-8;;;/h5-10,17H,1-4H3;2-7H,1H3;2*1H;/q;;;;+2/p-2. The van der Waals surface area contributed by atoms with Gasteiger partial charge in [-0.05, 0) is 37.6 Å². The van der Waals surface area contributed by atoms with Gasteiger partial charge in [-0.2, -0.15) is 0 Å². The molecule has 3 aromatic rings. The summed E-state index contributed by atoms with van der Waals surface area (Å²) in [5.41, 5.74) is 12.7. The Morgan fingerprint density at radius 3 is 2.12 bits per heavy atom. The molecule has 32 heavy (non-hydrogen) atoms. The Kier molecular flexibility index (Phi) is 7.38. The minimum Gasteiger partial charge on any atom is -1.00 e. The molecule has 3 heterocycles. The van der Waals surface area contributed by atoms with E-state index in [2.05, 4.69) is 105 Å². The van der Waals surface area contributed by atoms with Gasteiger partial charge < -0.3 is 29.4 Å². The van der Waals surface area contributed by atoms with Crippen LogP contribution < -0.4 is 24.8 Å². The molecule has 0 fully saturated rings. The minimum absolute atomic E-state index is 0. The third-order valence-electron chi connectivity index (χ3n) is 7.12. The fraction of sp³-hybridized carbons (Fsp3) is 0.259. The van der Waals surface area contributed by atoms with Crippen LogP contribution in [-0.2, 0) is 24.7 Å². The Hall–Kier alpha value is -1.12. The zero-order valence-electron chi connectivity index (χ0n) is 19.2. The van der Waals surface area contributed by atoms with Crippen molar-refractivity contribution in [3.8, 4) is 5.69 Å². The van der Waals surface area contributed by atoms with E-state index in [4.69, 9.17) is 0 Å². The molecule has 2 bridgehead atoms. The number of fused-ring (bicyclic) bond motifs is 1. The molecule has 0 amide bonds. The number of hydrogen-bond donors (Lipinski definition) is 0. The Balaban J connectivity index is 0.000000192. The first-order valence-electron chi connectivity index (χ1n) is 10.8. The van der Waals surface area contributed by atoms with Gasteiger partial charge in [-0.3, -0.25) is 0 Å². The van der Waals surface area contributed by atoms with Crippen LogP contribution in [0.4, 0.5) is 0 Å².